The van der Waals surface area contributed by atoms with Crippen LogP contribution in [0.25, 0.3) is 6.08 Å². The molecule has 7 heteroatoms. The molecule has 1 fully saturated rings. The third-order valence-corrected chi connectivity index (χ3v) is 7.34. The van der Waals surface area contributed by atoms with Gasteiger partial charge in [-0.3, -0.25) is 4.79 Å². The molecule has 4 rings (SSSR count). The molecule has 0 atom stereocenters. The van der Waals surface area contributed by atoms with Gasteiger partial charge in [0.25, 0.3) is 5.91 Å². The van der Waals surface area contributed by atoms with Gasteiger partial charge in [0.05, 0.1) is 12.0 Å². The Morgan fingerprint density at radius 2 is 1.76 bits per heavy atom. The largest absolute Gasteiger partial charge is 0.497 e. The van der Waals surface area contributed by atoms with E-state index in [4.69, 9.17) is 4.74 Å². The van der Waals surface area contributed by atoms with Gasteiger partial charge in [0.15, 0.2) is 0 Å². The molecule has 0 aliphatic carbocycles. The Balaban J connectivity index is 1.51. The Labute approximate surface area is 171 Å². The van der Waals surface area contributed by atoms with E-state index < -0.39 is 10.0 Å². The number of sulfonamides is 1. The maximum absolute atomic E-state index is 12.8. The summed E-state index contributed by atoms with van der Waals surface area (Å²) >= 11 is 0. The van der Waals surface area contributed by atoms with Crippen LogP contribution in [0.3, 0.4) is 0 Å². The van der Waals surface area contributed by atoms with E-state index in [0.717, 1.165) is 35.4 Å². The van der Waals surface area contributed by atoms with Gasteiger partial charge in [0.2, 0.25) is 10.0 Å². The highest BCUT2D eigenvalue weighted by Gasteiger charge is 2.30. The fourth-order valence-corrected chi connectivity index (χ4v) is 5.39. The number of anilines is 1. The van der Waals surface area contributed by atoms with Crippen LogP contribution in [0.1, 0.15) is 24.0 Å². The molecule has 0 saturated carbocycles. The van der Waals surface area contributed by atoms with Crippen molar-refractivity contribution >= 4 is 27.7 Å². The predicted octanol–water partition coefficient (Wildman–Crippen LogP) is 3.08. The van der Waals surface area contributed by atoms with E-state index >= 15 is 0 Å². The number of ether oxygens (including phenoxy) is 1. The van der Waals surface area contributed by atoms with E-state index in [2.05, 4.69) is 0 Å². The SMILES string of the molecule is COc1ccc(/C=C/C(=O)N2CCc3cc(S(=O)(=O)N4CCCC4)ccc32)cc1. The number of benzene rings is 2. The molecule has 29 heavy (non-hydrogen) atoms. The maximum Gasteiger partial charge on any atom is 0.251 e. The Hall–Kier alpha value is -2.64. The molecular formula is C22H24N2O4S. The van der Waals surface area contributed by atoms with E-state index in [9.17, 15) is 13.2 Å². The van der Waals surface area contributed by atoms with E-state index in [1.165, 1.54) is 0 Å². The molecule has 0 spiro atoms. The van der Waals surface area contributed by atoms with E-state index in [-0.39, 0.29) is 5.91 Å². The lowest BCUT2D eigenvalue weighted by Crippen LogP contribution is -2.28. The predicted molar refractivity (Wildman–Crippen MR) is 113 cm³/mol. The van der Waals surface area contributed by atoms with E-state index in [1.807, 2.05) is 24.3 Å². The Bertz CT molecular complexity index is 1040. The summed E-state index contributed by atoms with van der Waals surface area (Å²) in [5.74, 6) is 0.649. The van der Waals surface area contributed by atoms with Crippen LogP contribution in [-0.4, -0.2) is 45.4 Å². The van der Waals surface area contributed by atoms with Crippen LogP contribution in [0.5, 0.6) is 5.75 Å². The molecule has 0 radical (unpaired) electrons. The zero-order valence-corrected chi connectivity index (χ0v) is 17.2. The normalized spacial score (nSPS) is 17.1. The average molecular weight is 413 g/mol. The average Bonchev–Trinajstić information content (AvgIpc) is 3.42. The molecule has 2 heterocycles. The second kappa shape index (κ2) is 8.00. The lowest BCUT2D eigenvalue weighted by Gasteiger charge is -2.18. The van der Waals surface area contributed by atoms with Gasteiger partial charge < -0.3 is 9.64 Å². The van der Waals surface area contributed by atoms with Gasteiger partial charge in [-0.25, -0.2) is 8.42 Å². The molecule has 0 unspecified atom stereocenters. The van der Waals surface area contributed by atoms with Crippen LogP contribution < -0.4 is 9.64 Å². The van der Waals surface area contributed by atoms with Crippen molar-refractivity contribution in [1.82, 2.24) is 4.31 Å². The van der Waals surface area contributed by atoms with Gasteiger partial charge in [0, 0.05) is 31.4 Å². The molecule has 1 amide bonds. The molecule has 0 N–H and O–H groups in total. The van der Waals surface area contributed by atoms with Crippen molar-refractivity contribution in [2.75, 3.05) is 31.6 Å². The number of amides is 1. The topological polar surface area (TPSA) is 66.9 Å². The van der Waals surface area contributed by atoms with Crippen LogP contribution in [-0.2, 0) is 21.2 Å². The van der Waals surface area contributed by atoms with Crippen molar-refractivity contribution in [2.45, 2.75) is 24.2 Å². The van der Waals surface area contributed by atoms with Crippen molar-refractivity contribution in [3.8, 4) is 5.75 Å². The summed E-state index contributed by atoms with van der Waals surface area (Å²) in [6.07, 6.45) is 5.79. The fourth-order valence-electron chi connectivity index (χ4n) is 3.82. The highest BCUT2D eigenvalue weighted by Crippen LogP contribution is 2.32. The molecule has 2 aliphatic heterocycles. The van der Waals surface area contributed by atoms with Crippen molar-refractivity contribution in [3.63, 3.8) is 0 Å². The number of methoxy groups -OCH3 is 1. The fraction of sp³-hybridized carbons (Fsp3) is 0.318. The summed E-state index contributed by atoms with van der Waals surface area (Å²) in [6.45, 7) is 1.72. The van der Waals surface area contributed by atoms with Crippen molar-refractivity contribution < 1.29 is 17.9 Å². The number of hydrogen-bond acceptors (Lipinski definition) is 4. The van der Waals surface area contributed by atoms with Gasteiger partial charge in [-0.2, -0.15) is 4.31 Å². The zero-order chi connectivity index (χ0) is 20.4. The van der Waals surface area contributed by atoms with Crippen LogP contribution in [0.4, 0.5) is 5.69 Å². The monoisotopic (exact) mass is 412 g/mol. The number of hydrogen-bond donors (Lipinski definition) is 0. The second-order valence-corrected chi connectivity index (χ2v) is 9.19. The van der Waals surface area contributed by atoms with E-state index in [1.54, 1.807) is 46.7 Å². The Morgan fingerprint density at radius 1 is 1.03 bits per heavy atom. The standard InChI is InChI=1S/C22H24N2O4S/c1-28-19-7-4-17(5-8-19)6-11-22(25)24-15-12-18-16-20(9-10-21(18)24)29(26,27)23-13-2-3-14-23/h4-11,16H,2-3,12-15H2,1H3/b11-6+. The van der Waals surface area contributed by atoms with Crippen molar-refractivity contribution in [3.05, 3.63) is 59.7 Å². The van der Waals surface area contributed by atoms with Gasteiger partial charge in [-0.1, -0.05) is 12.1 Å². The summed E-state index contributed by atoms with van der Waals surface area (Å²) in [4.78, 5) is 14.7. The first-order valence-electron chi connectivity index (χ1n) is 9.76. The van der Waals surface area contributed by atoms with E-state index in [0.29, 0.717) is 31.0 Å². The lowest BCUT2D eigenvalue weighted by atomic mass is 10.2. The number of carbonyl (C=O) groups excluding carboxylic acids is 1. The summed E-state index contributed by atoms with van der Waals surface area (Å²) in [7, 11) is -1.83. The first kappa shape index (κ1) is 19.7. The van der Waals surface area contributed by atoms with Crippen molar-refractivity contribution in [1.29, 1.82) is 0 Å². The number of rotatable bonds is 5. The summed E-state index contributed by atoms with van der Waals surface area (Å²) < 4.78 is 32.2. The van der Waals surface area contributed by atoms with Gasteiger partial charge >= 0.3 is 0 Å². The third-order valence-electron chi connectivity index (χ3n) is 5.45. The van der Waals surface area contributed by atoms with Crippen LogP contribution in [0, 0.1) is 0 Å². The summed E-state index contributed by atoms with van der Waals surface area (Å²) in [6, 6.07) is 12.6. The minimum absolute atomic E-state index is 0.116. The number of nitrogens with zero attached hydrogens (tertiary/aromatic N) is 2. The summed E-state index contributed by atoms with van der Waals surface area (Å²) in [5.41, 5.74) is 2.59. The Morgan fingerprint density at radius 3 is 2.45 bits per heavy atom. The minimum Gasteiger partial charge on any atom is -0.497 e. The maximum atomic E-state index is 12.8. The minimum atomic E-state index is -3.44. The van der Waals surface area contributed by atoms with Gasteiger partial charge in [-0.05, 0) is 66.8 Å². The third kappa shape index (κ3) is 3.93. The van der Waals surface area contributed by atoms with Gasteiger partial charge in [0.1, 0.15) is 5.75 Å². The molecule has 2 aliphatic rings. The number of fused-ring (bicyclic) bond motifs is 1. The van der Waals surface area contributed by atoms with Crippen molar-refractivity contribution in [2.24, 2.45) is 0 Å². The highest BCUT2D eigenvalue weighted by molar-refractivity contribution is 7.89. The van der Waals surface area contributed by atoms with Crippen LogP contribution >= 0.6 is 0 Å². The molecule has 0 bridgehead atoms. The summed E-state index contributed by atoms with van der Waals surface area (Å²) in [5, 5.41) is 0. The number of carbonyl (C=O) groups is 1. The molecule has 152 valence electrons. The molecular weight excluding hydrogens is 388 g/mol. The lowest BCUT2D eigenvalue weighted by molar-refractivity contribution is -0.114. The van der Waals surface area contributed by atoms with Crippen LogP contribution in [0.2, 0.25) is 0 Å². The highest BCUT2D eigenvalue weighted by atomic mass is 32.2. The first-order valence-corrected chi connectivity index (χ1v) is 11.2. The van der Waals surface area contributed by atoms with Gasteiger partial charge in [-0.15, -0.1) is 0 Å². The molecule has 2 aromatic rings. The molecule has 6 nitrogen and oxygen atoms in total. The molecule has 2 aromatic carbocycles. The molecule has 1 saturated heterocycles. The quantitative estimate of drug-likeness (QED) is 0.708. The molecule has 0 aromatic heterocycles. The van der Waals surface area contributed by atoms with Crippen LogP contribution in [0.15, 0.2) is 53.4 Å². The first-order chi connectivity index (χ1) is 14.0. The smallest absolute Gasteiger partial charge is 0.251 e. The zero-order valence-electron chi connectivity index (χ0n) is 16.4. The second-order valence-electron chi connectivity index (χ2n) is 7.25. The Kier molecular flexibility index (Phi) is 5.43.